The lowest BCUT2D eigenvalue weighted by atomic mass is 10.2. The van der Waals surface area contributed by atoms with E-state index >= 15 is 0 Å². The van der Waals surface area contributed by atoms with E-state index in [2.05, 4.69) is 0 Å². The largest absolute Gasteiger partial charge is 0.295 e. The minimum Gasteiger partial charge on any atom is -0.295 e. The summed E-state index contributed by atoms with van der Waals surface area (Å²) in [6.45, 7) is 2.82. The molecule has 0 aliphatic carbocycles. The average Bonchev–Trinajstić information content (AvgIpc) is 2.15. The second kappa shape index (κ2) is 3.28. The minimum atomic E-state index is -2.17. The average molecular weight is 149 g/mol. The van der Waals surface area contributed by atoms with Gasteiger partial charge in [-0.15, -0.1) is 0 Å². The van der Waals surface area contributed by atoms with Crippen molar-refractivity contribution in [3.63, 3.8) is 0 Å². The Morgan fingerprint density at radius 3 is 2.70 bits per heavy atom. The van der Waals surface area contributed by atoms with Gasteiger partial charge >= 0.3 is 0 Å². The molecule has 10 heavy (non-hydrogen) atoms. The predicted octanol–water partition coefficient (Wildman–Crippen LogP) is 1.74. The van der Waals surface area contributed by atoms with Crippen LogP contribution >= 0.6 is 0 Å². The monoisotopic (exact) mass is 149 g/mol. The van der Waals surface area contributed by atoms with E-state index < -0.39 is 6.43 Å². The highest BCUT2D eigenvalue weighted by Gasteiger charge is 2.22. The molecule has 0 amide bonds. The molecule has 0 aromatic carbocycles. The molecule has 3 heteroatoms. The fourth-order valence-corrected chi connectivity index (χ4v) is 1.44. The highest BCUT2D eigenvalue weighted by atomic mass is 19.3. The quantitative estimate of drug-likeness (QED) is 0.578. The molecule has 0 bridgehead atoms. The molecule has 1 aliphatic heterocycles. The van der Waals surface area contributed by atoms with Gasteiger partial charge < -0.3 is 0 Å². The van der Waals surface area contributed by atoms with Crippen molar-refractivity contribution in [2.75, 3.05) is 13.1 Å². The van der Waals surface area contributed by atoms with Gasteiger partial charge in [0.1, 0.15) is 0 Å². The molecular weight excluding hydrogens is 136 g/mol. The molecule has 1 aliphatic rings. The molecule has 1 heterocycles. The Bertz CT molecular complexity index is 106. The van der Waals surface area contributed by atoms with Crippen molar-refractivity contribution in [1.82, 2.24) is 4.90 Å². The van der Waals surface area contributed by atoms with Crippen LogP contribution in [-0.2, 0) is 0 Å². The highest BCUT2D eigenvalue weighted by Crippen LogP contribution is 2.16. The van der Waals surface area contributed by atoms with E-state index in [9.17, 15) is 8.78 Å². The molecule has 0 spiro atoms. The number of halogens is 2. The van der Waals surface area contributed by atoms with Crippen LogP contribution in [0, 0.1) is 0 Å². The van der Waals surface area contributed by atoms with Crippen molar-refractivity contribution in [2.45, 2.75) is 32.2 Å². The van der Waals surface area contributed by atoms with Crippen LogP contribution in [-0.4, -0.2) is 30.5 Å². The van der Waals surface area contributed by atoms with Crippen LogP contribution in [0.1, 0.15) is 19.8 Å². The summed E-state index contributed by atoms with van der Waals surface area (Å²) in [5.74, 6) is 0. The third-order valence-corrected chi connectivity index (χ3v) is 2.06. The maximum atomic E-state index is 11.8. The SMILES string of the molecule is CC1CCCN1CC(F)F. The normalized spacial score (nSPS) is 28.2. The lowest BCUT2D eigenvalue weighted by Gasteiger charge is -2.19. The van der Waals surface area contributed by atoms with Crippen molar-refractivity contribution in [3.8, 4) is 0 Å². The molecule has 60 valence electrons. The third-order valence-electron chi connectivity index (χ3n) is 2.06. The molecule has 0 saturated carbocycles. The fraction of sp³-hybridized carbons (Fsp3) is 1.00. The van der Waals surface area contributed by atoms with Gasteiger partial charge in [0, 0.05) is 6.04 Å². The lowest BCUT2D eigenvalue weighted by molar-refractivity contribution is 0.0855. The first kappa shape index (κ1) is 7.92. The Balaban J connectivity index is 2.26. The van der Waals surface area contributed by atoms with Crippen molar-refractivity contribution in [3.05, 3.63) is 0 Å². The van der Waals surface area contributed by atoms with Crippen LogP contribution in [0.15, 0.2) is 0 Å². The van der Waals surface area contributed by atoms with E-state index in [1.165, 1.54) is 0 Å². The number of nitrogens with zero attached hydrogens (tertiary/aromatic N) is 1. The van der Waals surface area contributed by atoms with Gasteiger partial charge in [0.2, 0.25) is 0 Å². The molecule has 1 atom stereocenters. The minimum absolute atomic E-state index is 0.0405. The maximum Gasteiger partial charge on any atom is 0.251 e. The Morgan fingerprint density at radius 1 is 1.60 bits per heavy atom. The zero-order valence-corrected chi connectivity index (χ0v) is 6.19. The fourth-order valence-electron chi connectivity index (χ4n) is 1.44. The first-order valence-corrected chi connectivity index (χ1v) is 3.72. The second-order valence-electron chi connectivity index (χ2n) is 2.88. The van der Waals surface area contributed by atoms with E-state index in [4.69, 9.17) is 0 Å². The van der Waals surface area contributed by atoms with Crippen LogP contribution < -0.4 is 0 Å². The summed E-state index contributed by atoms with van der Waals surface area (Å²) >= 11 is 0. The van der Waals surface area contributed by atoms with Crippen molar-refractivity contribution < 1.29 is 8.78 Å². The zero-order valence-electron chi connectivity index (χ0n) is 6.19. The molecule has 0 aromatic rings. The van der Waals surface area contributed by atoms with Gasteiger partial charge in [-0.3, -0.25) is 4.90 Å². The second-order valence-corrected chi connectivity index (χ2v) is 2.88. The molecule has 0 aromatic heterocycles. The maximum absolute atomic E-state index is 11.8. The van der Waals surface area contributed by atoms with Crippen LogP contribution in [0.4, 0.5) is 8.78 Å². The van der Waals surface area contributed by atoms with Crippen LogP contribution in [0.3, 0.4) is 0 Å². The van der Waals surface area contributed by atoms with Gasteiger partial charge in [-0.25, -0.2) is 8.78 Å². The van der Waals surface area contributed by atoms with Gasteiger partial charge in [-0.2, -0.15) is 0 Å². The van der Waals surface area contributed by atoms with Crippen LogP contribution in [0.5, 0.6) is 0 Å². The first-order valence-electron chi connectivity index (χ1n) is 3.72. The van der Waals surface area contributed by atoms with E-state index in [1.54, 1.807) is 0 Å². The first-order chi connectivity index (χ1) is 4.70. The summed E-state index contributed by atoms with van der Waals surface area (Å²) in [4.78, 5) is 1.85. The summed E-state index contributed by atoms with van der Waals surface area (Å²) in [7, 11) is 0. The standard InChI is InChI=1S/C7H13F2N/c1-6-3-2-4-10(6)5-7(8)9/h6-7H,2-5H2,1H3. The Hall–Kier alpha value is -0.180. The number of rotatable bonds is 2. The lowest BCUT2D eigenvalue weighted by Crippen LogP contribution is -2.31. The molecular formula is C7H13F2N. The molecule has 1 saturated heterocycles. The smallest absolute Gasteiger partial charge is 0.251 e. The number of likely N-dealkylation sites (tertiary alicyclic amines) is 1. The van der Waals surface area contributed by atoms with E-state index in [1.807, 2.05) is 11.8 Å². The summed E-state index contributed by atoms with van der Waals surface area (Å²) in [6.07, 6.45) is -0.0128. The Morgan fingerprint density at radius 2 is 2.30 bits per heavy atom. The predicted molar refractivity (Wildman–Crippen MR) is 36.3 cm³/mol. The molecule has 1 nitrogen and oxygen atoms in total. The summed E-state index contributed by atoms with van der Waals surface area (Å²) in [6, 6.07) is 0.369. The molecule has 1 fully saturated rings. The number of alkyl halides is 2. The Labute approximate surface area is 60.0 Å². The van der Waals surface area contributed by atoms with Gasteiger partial charge in [0.25, 0.3) is 6.43 Å². The van der Waals surface area contributed by atoms with Gasteiger partial charge in [-0.1, -0.05) is 0 Å². The van der Waals surface area contributed by atoms with Gasteiger partial charge in [0.05, 0.1) is 6.54 Å². The van der Waals surface area contributed by atoms with Crippen molar-refractivity contribution in [1.29, 1.82) is 0 Å². The summed E-state index contributed by atoms with van der Waals surface area (Å²) in [5, 5.41) is 0. The zero-order chi connectivity index (χ0) is 7.56. The molecule has 1 unspecified atom stereocenters. The summed E-state index contributed by atoms with van der Waals surface area (Å²) in [5.41, 5.74) is 0. The van der Waals surface area contributed by atoms with Crippen LogP contribution in [0.25, 0.3) is 0 Å². The molecule has 0 N–H and O–H groups in total. The van der Waals surface area contributed by atoms with Crippen molar-refractivity contribution >= 4 is 0 Å². The molecule has 1 rings (SSSR count). The number of hydrogen-bond donors (Lipinski definition) is 0. The topological polar surface area (TPSA) is 3.24 Å². The highest BCUT2D eigenvalue weighted by molar-refractivity contribution is 4.75. The Kier molecular flexibility index (Phi) is 2.60. The summed E-state index contributed by atoms with van der Waals surface area (Å²) < 4.78 is 23.6. The molecule has 0 radical (unpaired) electrons. The van der Waals surface area contributed by atoms with Gasteiger partial charge in [0.15, 0.2) is 0 Å². The third kappa shape index (κ3) is 1.90. The van der Waals surface area contributed by atoms with E-state index in [0.29, 0.717) is 6.04 Å². The number of hydrogen-bond acceptors (Lipinski definition) is 1. The van der Waals surface area contributed by atoms with Crippen molar-refractivity contribution in [2.24, 2.45) is 0 Å². The van der Waals surface area contributed by atoms with Crippen LogP contribution in [0.2, 0.25) is 0 Å². The van der Waals surface area contributed by atoms with E-state index in [-0.39, 0.29) is 6.54 Å². The van der Waals surface area contributed by atoms with E-state index in [0.717, 1.165) is 19.4 Å². The van der Waals surface area contributed by atoms with Gasteiger partial charge in [-0.05, 0) is 26.3 Å².